The first kappa shape index (κ1) is 13.4. The number of nitrogen functional groups attached to an aromatic ring is 1. The van der Waals surface area contributed by atoms with Crippen LogP contribution in [0.2, 0.25) is 0 Å². The third kappa shape index (κ3) is 2.97. The molecule has 0 amide bonds. The minimum absolute atomic E-state index is 0.460. The molecule has 0 aliphatic heterocycles. The van der Waals surface area contributed by atoms with Gasteiger partial charge in [-0.1, -0.05) is 65.3 Å². The van der Waals surface area contributed by atoms with Gasteiger partial charge in [0.25, 0.3) is 0 Å². The molecule has 0 radical (unpaired) electrons. The van der Waals surface area contributed by atoms with Crippen LogP contribution in [0.1, 0.15) is 16.9 Å². The van der Waals surface area contributed by atoms with E-state index in [2.05, 4.69) is 48.5 Å². The Morgan fingerprint density at radius 2 is 1.67 bits per heavy atom. The lowest BCUT2D eigenvalue weighted by Gasteiger charge is -2.04. The topological polar surface area (TPSA) is 52.0 Å². The number of nitrogens with zero attached hydrogens (tertiary/aromatic N) is 1. The fourth-order valence-electron chi connectivity index (χ4n) is 2.44. The molecule has 21 heavy (non-hydrogen) atoms. The van der Waals surface area contributed by atoms with Crippen LogP contribution in [0, 0.1) is 6.92 Å². The first-order chi connectivity index (χ1) is 10.2. The van der Waals surface area contributed by atoms with Crippen LogP contribution >= 0.6 is 0 Å². The number of aryl methyl sites for hydroxylation is 3. The maximum atomic E-state index is 5.98. The van der Waals surface area contributed by atoms with Crippen molar-refractivity contribution in [3.05, 3.63) is 71.5 Å². The first-order valence-electron chi connectivity index (χ1n) is 7.09. The molecule has 3 aromatic rings. The van der Waals surface area contributed by atoms with Crippen molar-refractivity contribution in [2.45, 2.75) is 19.8 Å². The maximum Gasteiger partial charge on any atom is 0.175 e. The van der Waals surface area contributed by atoms with Crippen molar-refractivity contribution in [3.63, 3.8) is 0 Å². The molecule has 106 valence electrons. The van der Waals surface area contributed by atoms with Crippen molar-refractivity contribution in [3.8, 4) is 11.1 Å². The molecular formula is C18H18N2O. The normalized spacial score (nSPS) is 10.7. The highest BCUT2D eigenvalue weighted by molar-refractivity contribution is 5.75. The highest BCUT2D eigenvalue weighted by Crippen LogP contribution is 2.30. The van der Waals surface area contributed by atoms with Gasteiger partial charge in [0.1, 0.15) is 5.76 Å². The SMILES string of the molecule is Cc1ccc(-c2c(N)noc2CCc2ccccc2)cc1. The largest absolute Gasteiger partial charge is 0.380 e. The quantitative estimate of drug-likeness (QED) is 0.784. The van der Waals surface area contributed by atoms with Crippen molar-refractivity contribution in [2.75, 3.05) is 5.73 Å². The Hall–Kier alpha value is -2.55. The Morgan fingerprint density at radius 3 is 2.38 bits per heavy atom. The van der Waals surface area contributed by atoms with Crippen LogP contribution in [0.3, 0.4) is 0 Å². The van der Waals surface area contributed by atoms with Crippen molar-refractivity contribution >= 4 is 5.82 Å². The average Bonchev–Trinajstić information content (AvgIpc) is 2.88. The van der Waals surface area contributed by atoms with Crippen LogP contribution in [0.5, 0.6) is 0 Å². The number of benzene rings is 2. The van der Waals surface area contributed by atoms with Crippen LogP contribution < -0.4 is 5.73 Å². The molecule has 1 heterocycles. The third-order valence-corrected chi connectivity index (χ3v) is 3.61. The molecule has 1 aromatic heterocycles. The lowest BCUT2D eigenvalue weighted by molar-refractivity contribution is 0.386. The van der Waals surface area contributed by atoms with E-state index in [9.17, 15) is 0 Å². The van der Waals surface area contributed by atoms with Gasteiger partial charge in [0, 0.05) is 6.42 Å². The third-order valence-electron chi connectivity index (χ3n) is 3.61. The molecule has 0 unspecified atom stereocenters. The predicted molar refractivity (Wildman–Crippen MR) is 84.9 cm³/mol. The average molecular weight is 278 g/mol. The molecule has 0 spiro atoms. The van der Waals surface area contributed by atoms with E-state index < -0.39 is 0 Å². The summed E-state index contributed by atoms with van der Waals surface area (Å²) in [6.07, 6.45) is 1.70. The van der Waals surface area contributed by atoms with Gasteiger partial charge in [0.2, 0.25) is 0 Å². The molecule has 2 N–H and O–H groups in total. The summed E-state index contributed by atoms with van der Waals surface area (Å²) in [7, 11) is 0. The summed E-state index contributed by atoms with van der Waals surface area (Å²) >= 11 is 0. The Labute approximate surface area is 124 Å². The monoisotopic (exact) mass is 278 g/mol. The zero-order valence-corrected chi connectivity index (χ0v) is 12.0. The number of rotatable bonds is 4. The minimum atomic E-state index is 0.460. The Bertz CT molecular complexity index is 715. The van der Waals surface area contributed by atoms with Crippen molar-refractivity contribution < 1.29 is 4.52 Å². The van der Waals surface area contributed by atoms with E-state index in [0.717, 1.165) is 29.7 Å². The number of hydrogen-bond donors (Lipinski definition) is 1. The Morgan fingerprint density at radius 1 is 0.952 bits per heavy atom. The maximum absolute atomic E-state index is 5.98. The van der Waals surface area contributed by atoms with Crippen LogP contribution in [-0.4, -0.2) is 5.16 Å². The van der Waals surface area contributed by atoms with E-state index in [1.165, 1.54) is 11.1 Å². The van der Waals surface area contributed by atoms with E-state index in [0.29, 0.717) is 5.82 Å². The Kier molecular flexibility index (Phi) is 3.73. The fraction of sp³-hybridized carbons (Fsp3) is 0.167. The smallest absolute Gasteiger partial charge is 0.175 e. The molecule has 0 atom stereocenters. The summed E-state index contributed by atoms with van der Waals surface area (Å²) in [4.78, 5) is 0. The molecular weight excluding hydrogens is 260 g/mol. The predicted octanol–water partition coefficient (Wildman–Crippen LogP) is 4.02. The second kappa shape index (κ2) is 5.83. The van der Waals surface area contributed by atoms with Gasteiger partial charge in [-0.05, 0) is 24.5 Å². The van der Waals surface area contributed by atoms with E-state index in [-0.39, 0.29) is 0 Å². The molecule has 3 heteroatoms. The van der Waals surface area contributed by atoms with Crippen molar-refractivity contribution in [1.29, 1.82) is 0 Å². The van der Waals surface area contributed by atoms with Crippen LogP contribution in [0.4, 0.5) is 5.82 Å². The van der Waals surface area contributed by atoms with Crippen LogP contribution in [0.25, 0.3) is 11.1 Å². The molecule has 0 aliphatic carbocycles. The Balaban J connectivity index is 1.85. The lowest BCUT2D eigenvalue weighted by atomic mass is 10.0. The van der Waals surface area contributed by atoms with Gasteiger partial charge in [-0.2, -0.15) is 0 Å². The summed E-state index contributed by atoms with van der Waals surface area (Å²) in [5.41, 5.74) is 10.5. The van der Waals surface area contributed by atoms with Crippen LogP contribution in [-0.2, 0) is 12.8 Å². The molecule has 2 aromatic carbocycles. The lowest BCUT2D eigenvalue weighted by Crippen LogP contribution is -1.94. The van der Waals surface area contributed by atoms with Gasteiger partial charge in [-0.15, -0.1) is 0 Å². The van der Waals surface area contributed by atoms with Crippen molar-refractivity contribution in [2.24, 2.45) is 0 Å². The fourth-order valence-corrected chi connectivity index (χ4v) is 2.44. The van der Waals surface area contributed by atoms with Gasteiger partial charge in [-0.25, -0.2) is 0 Å². The van der Waals surface area contributed by atoms with Gasteiger partial charge in [0.05, 0.1) is 5.56 Å². The number of nitrogens with two attached hydrogens (primary N) is 1. The number of hydrogen-bond acceptors (Lipinski definition) is 3. The summed E-state index contributed by atoms with van der Waals surface area (Å²) in [6, 6.07) is 18.6. The molecule has 0 aliphatic rings. The van der Waals surface area contributed by atoms with Gasteiger partial charge in [0.15, 0.2) is 5.82 Å². The van der Waals surface area contributed by atoms with Gasteiger partial charge < -0.3 is 10.3 Å². The van der Waals surface area contributed by atoms with Crippen molar-refractivity contribution in [1.82, 2.24) is 5.16 Å². The zero-order valence-electron chi connectivity index (χ0n) is 12.0. The van der Waals surface area contributed by atoms with E-state index in [4.69, 9.17) is 10.3 Å². The molecule has 0 saturated carbocycles. The molecule has 0 fully saturated rings. The summed E-state index contributed by atoms with van der Waals surface area (Å²) in [6.45, 7) is 2.07. The summed E-state index contributed by atoms with van der Waals surface area (Å²) in [5, 5.41) is 3.93. The van der Waals surface area contributed by atoms with Crippen LogP contribution in [0.15, 0.2) is 59.1 Å². The second-order valence-electron chi connectivity index (χ2n) is 5.22. The second-order valence-corrected chi connectivity index (χ2v) is 5.22. The molecule has 3 nitrogen and oxygen atoms in total. The minimum Gasteiger partial charge on any atom is -0.380 e. The number of aromatic nitrogens is 1. The van der Waals surface area contributed by atoms with E-state index in [1.54, 1.807) is 0 Å². The molecule has 0 bridgehead atoms. The summed E-state index contributed by atoms with van der Waals surface area (Å²) < 4.78 is 5.43. The highest BCUT2D eigenvalue weighted by atomic mass is 16.5. The molecule has 3 rings (SSSR count). The molecule has 0 saturated heterocycles. The zero-order chi connectivity index (χ0) is 14.7. The van der Waals surface area contributed by atoms with E-state index in [1.807, 2.05) is 18.2 Å². The standard InChI is InChI=1S/C18H18N2O/c1-13-7-10-15(11-8-13)17-16(21-20-18(17)19)12-9-14-5-3-2-4-6-14/h2-8,10-11H,9,12H2,1H3,(H2,19,20). The number of anilines is 1. The van der Waals surface area contributed by atoms with Gasteiger partial charge in [-0.3, -0.25) is 0 Å². The first-order valence-corrected chi connectivity index (χ1v) is 7.09. The summed E-state index contributed by atoms with van der Waals surface area (Å²) in [5.74, 6) is 1.31. The van der Waals surface area contributed by atoms with E-state index >= 15 is 0 Å². The highest BCUT2D eigenvalue weighted by Gasteiger charge is 2.15. The van der Waals surface area contributed by atoms with Gasteiger partial charge >= 0.3 is 0 Å².